The molecule has 1 aromatic carbocycles. The topological polar surface area (TPSA) is 75.6 Å². The lowest BCUT2D eigenvalue weighted by atomic mass is 9.95. The lowest BCUT2D eigenvalue weighted by Gasteiger charge is -2.18. The summed E-state index contributed by atoms with van der Waals surface area (Å²) in [6.07, 6.45) is 0.255. The number of carbonyl (C=O) groups is 2. The minimum absolute atomic E-state index is 0.0751. The molecule has 0 unspecified atom stereocenters. The Kier molecular flexibility index (Phi) is 4.53. The van der Waals surface area contributed by atoms with Gasteiger partial charge in [0.05, 0.1) is 5.69 Å². The zero-order valence-corrected chi connectivity index (χ0v) is 11.6. The van der Waals surface area contributed by atoms with Crippen molar-refractivity contribution < 1.29 is 19.4 Å². The van der Waals surface area contributed by atoms with Crippen molar-refractivity contribution in [2.24, 2.45) is 5.41 Å². The molecule has 0 aliphatic rings. The first-order valence-corrected chi connectivity index (χ1v) is 6.09. The second-order valence-electron chi connectivity index (χ2n) is 5.21. The summed E-state index contributed by atoms with van der Waals surface area (Å²) in [6, 6.07) is 4.26. The van der Waals surface area contributed by atoms with Crippen molar-refractivity contribution >= 4 is 17.6 Å². The van der Waals surface area contributed by atoms with Gasteiger partial charge in [-0.2, -0.15) is 0 Å². The van der Waals surface area contributed by atoms with E-state index in [4.69, 9.17) is 4.74 Å². The number of esters is 1. The van der Waals surface area contributed by atoms with E-state index in [0.29, 0.717) is 0 Å². The molecule has 1 rings (SSSR count). The van der Waals surface area contributed by atoms with Gasteiger partial charge in [0.1, 0.15) is 11.5 Å². The van der Waals surface area contributed by atoms with Crippen LogP contribution in [0.2, 0.25) is 0 Å². The maximum atomic E-state index is 11.8. The van der Waals surface area contributed by atoms with Crippen LogP contribution in [0.5, 0.6) is 11.5 Å². The van der Waals surface area contributed by atoms with Crippen LogP contribution in [0, 0.1) is 5.41 Å². The Labute approximate surface area is 112 Å². The molecule has 0 aromatic heterocycles. The number of carbonyl (C=O) groups excluding carboxylic acids is 2. The number of aromatic hydroxyl groups is 1. The molecule has 0 aliphatic carbocycles. The molecule has 2 N–H and O–H groups in total. The van der Waals surface area contributed by atoms with Crippen LogP contribution in [0.4, 0.5) is 5.69 Å². The average Bonchev–Trinajstić information content (AvgIpc) is 2.32. The van der Waals surface area contributed by atoms with Crippen molar-refractivity contribution in [1.82, 2.24) is 0 Å². The normalized spacial score (nSPS) is 10.9. The molecule has 0 saturated carbocycles. The molecule has 0 bridgehead atoms. The zero-order valence-electron chi connectivity index (χ0n) is 11.6. The van der Waals surface area contributed by atoms with Crippen LogP contribution in [0.25, 0.3) is 0 Å². The summed E-state index contributed by atoms with van der Waals surface area (Å²) in [5.74, 6) is -0.400. The zero-order chi connectivity index (χ0) is 14.6. The molecule has 104 valence electrons. The van der Waals surface area contributed by atoms with Crippen LogP contribution in [0.1, 0.15) is 34.1 Å². The molecule has 19 heavy (non-hydrogen) atoms. The van der Waals surface area contributed by atoms with E-state index in [1.807, 2.05) is 0 Å². The number of amides is 1. The van der Waals surface area contributed by atoms with Gasteiger partial charge in [-0.3, -0.25) is 9.59 Å². The van der Waals surface area contributed by atoms with Gasteiger partial charge in [0, 0.05) is 17.9 Å². The van der Waals surface area contributed by atoms with E-state index in [2.05, 4.69) is 5.32 Å². The Balaban J connectivity index is 2.92. The SMILES string of the molecule is CCC(=O)Oc1ccc(O)c(NC(=O)C(C)(C)C)c1. The largest absolute Gasteiger partial charge is 0.506 e. The van der Waals surface area contributed by atoms with Gasteiger partial charge in [-0.15, -0.1) is 0 Å². The van der Waals surface area contributed by atoms with Gasteiger partial charge in [-0.25, -0.2) is 0 Å². The molecule has 5 heteroatoms. The van der Waals surface area contributed by atoms with Crippen molar-refractivity contribution in [1.29, 1.82) is 0 Å². The Morgan fingerprint density at radius 2 is 1.95 bits per heavy atom. The molecule has 5 nitrogen and oxygen atoms in total. The van der Waals surface area contributed by atoms with Gasteiger partial charge in [0.2, 0.25) is 5.91 Å². The summed E-state index contributed by atoms with van der Waals surface area (Å²) in [5.41, 5.74) is -0.357. The van der Waals surface area contributed by atoms with Gasteiger partial charge in [0.25, 0.3) is 0 Å². The fraction of sp³-hybridized carbons (Fsp3) is 0.429. The molecule has 1 amide bonds. The van der Waals surface area contributed by atoms with Gasteiger partial charge in [-0.05, 0) is 12.1 Å². The second-order valence-corrected chi connectivity index (χ2v) is 5.21. The van der Waals surface area contributed by atoms with Crippen LogP contribution >= 0.6 is 0 Å². The van der Waals surface area contributed by atoms with Crippen molar-refractivity contribution in [2.75, 3.05) is 5.32 Å². The Hall–Kier alpha value is -2.04. The fourth-order valence-electron chi connectivity index (χ4n) is 1.19. The van der Waals surface area contributed by atoms with Gasteiger partial charge >= 0.3 is 5.97 Å². The lowest BCUT2D eigenvalue weighted by Crippen LogP contribution is -2.27. The van der Waals surface area contributed by atoms with E-state index < -0.39 is 5.41 Å². The molecule has 0 atom stereocenters. The van der Waals surface area contributed by atoms with E-state index in [1.165, 1.54) is 18.2 Å². The predicted molar refractivity (Wildman–Crippen MR) is 72.1 cm³/mol. The van der Waals surface area contributed by atoms with Crippen LogP contribution in [0.15, 0.2) is 18.2 Å². The van der Waals surface area contributed by atoms with Crippen LogP contribution in [-0.2, 0) is 9.59 Å². The summed E-state index contributed by atoms with van der Waals surface area (Å²) >= 11 is 0. The molecular formula is C14H19NO4. The quantitative estimate of drug-likeness (QED) is 0.500. The van der Waals surface area contributed by atoms with E-state index in [1.54, 1.807) is 27.7 Å². The molecule has 0 saturated heterocycles. The number of benzene rings is 1. The molecule has 0 radical (unpaired) electrons. The highest BCUT2D eigenvalue weighted by Crippen LogP contribution is 2.29. The molecular weight excluding hydrogens is 246 g/mol. The first kappa shape index (κ1) is 15.0. The number of ether oxygens (including phenoxy) is 1. The van der Waals surface area contributed by atoms with E-state index in [-0.39, 0.29) is 35.5 Å². The molecule has 0 heterocycles. The maximum absolute atomic E-state index is 11.8. The standard InChI is InChI=1S/C14H19NO4/c1-5-12(17)19-9-6-7-11(16)10(8-9)15-13(18)14(2,3)4/h6-8,16H,5H2,1-4H3,(H,15,18). The highest BCUT2D eigenvalue weighted by atomic mass is 16.5. The minimum atomic E-state index is -0.581. The second kappa shape index (κ2) is 5.73. The summed E-state index contributed by atoms with van der Waals surface area (Å²) in [4.78, 5) is 23.0. The van der Waals surface area contributed by atoms with Crippen LogP contribution < -0.4 is 10.1 Å². The number of hydrogen-bond acceptors (Lipinski definition) is 4. The molecule has 0 aliphatic heterocycles. The van der Waals surface area contributed by atoms with Gasteiger partial charge in [0.15, 0.2) is 0 Å². The van der Waals surface area contributed by atoms with Crippen LogP contribution in [-0.4, -0.2) is 17.0 Å². The molecule has 1 aromatic rings. The number of rotatable bonds is 3. The van der Waals surface area contributed by atoms with Crippen molar-refractivity contribution in [3.05, 3.63) is 18.2 Å². The van der Waals surface area contributed by atoms with E-state index >= 15 is 0 Å². The number of anilines is 1. The highest BCUT2D eigenvalue weighted by Gasteiger charge is 2.22. The number of phenols is 1. The van der Waals surface area contributed by atoms with Crippen molar-refractivity contribution in [2.45, 2.75) is 34.1 Å². The smallest absolute Gasteiger partial charge is 0.310 e. The minimum Gasteiger partial charge on any atom is -0.506 e. The summed E-state index contributed by atoms with van der Waals surface area (Å²) in [6.45, 7) is 6.98. The first-order valence-electron chi connectivity index (χ1n) is 6.09. The summed E-state index contributed by atoms with van der Waals surface area (Å²) in [7, 11) is 0. The lowest BCUT2D eigenvalue weighted by molar-refractivity contribution is -0.134. The van der Waals surface area contributed by atoms with Gasteiger partial charge < -0.3 is 15.2 Å². The monoisotopic (exact) mass is 265 g/mol. The summed E-state index contributed by atoms with van der Waals surface area (Å²) in [5, 5.41) is 12.3. The van der Waals surface area contributed by atoms with Gasteiger partial charge in [-0.1, -0.05) is 27.7 Å². The number of nitrogens with one attached hydrogen (secondary N) is 1. The average molecular weight is 265 g/mol. The third kappa shape index (κ3) is 4.28. The van der Waals surface area contributed by atoms with E-state index in [9.17, 15) is 14.7 Å². The summed E-state index contributed by atoms with van der Waals surface area (Å²) < 4.78 is 5.03. The maximum Gasteiger partial charge on any atom is 0.310 e. The Morgan fingerprint density at radius 3 is 2.47 bits per heavy atom. The van der Waals surface area contributed by atoms with Crippen LogP contribution in [0.3, 0.4) is 0 Å². The fourth-order valence-corrected chi connectivity index (χ4v) is 1.19. The highest BCUT2D eigenvalue weighted by molar-refractivity contribution is 5.96. The third-order valence-electron chi connectivity index (χ3n) is 2.42. The third-order valence-corrected chi connectivity index (χ3v) is 2.42. The van der Waals surface area contributed by atoms with E-state index in [0.717, 1.165) is 0 Å². The molecule has 0 spiro atoms. The molecule has 0 fully saturated rings. The number of hydrogen-bond donors (Lipinski definition) is 2. The van der Waals surface area contributed by atoms with Crippen molar-refractivity contribution in [3.63, 3.8) is 0 Å². The Bertz CT molecular complexity index is 489. The van der Waals surface area contributed by atoms with Crippen molar-refractivity contribution in [3.8, 4) is 11.5 Å². The Morgan fingerprint density at radius 1 is 1.32 bits per heavy atom. The number of phenolic OH excluding ortho intramolecular Hbond substituents is 1. The first-order chi connectivity index (χ1) is 8.74. The predicted octanol–water partition coefficient (Wildman–Crippen LogP) is 2.69.